The molecule has 102 valence electrons. The van der Waals surface area contributed by atoms with Crippen molar-refractivity contribution in [1.82, 2.24) is 14.9 Å². The molecule has 1 N–H and O–H groups in total. The van der Waals surface area contributed by atoms with Gasteiger partial charge in [-0.15, -0.1) is 0 Å². The average Bonchev–Trinajstić information content (AvgIpc) is 2.46. The summed E-state index contributed by atoms with van der Waals surface area (Å²) < 4.78 is 0. The van der Waals surface area contributed by atoms with Crippen molar-refractivity contribution in [2.24, 2.45) is 0 Å². The quantitative estimate of drug-likeness (QED) is 0.898. The van der Waals surface area contributed by atoms with Crippen LogP contribution in [0.1, 0.15) is 16.8 Å². The van der Waals surface area contributed by atoms with Crippen molar-refractivity contribution in [3.8, 4) is 6.07 Å². The zero-order valence-electron chi connectivity index (χ0n) is 11.7. The van der Waals surface area contributed by atoms with Crippen LogP contribution in [-0.2, 0) is 13.1 Å². The van der Waals surface area contributed by atoms with E-state index in [0.717, 1.165) is 6.54 Å². The molecule has 0 bridgehead atoms. The van der Waals surface area contributed by atoms with Gasteiger partial charge in [0.1, 0.15) is 6.07 Å². The second kappa shape index (κ2) is 6.64. The summed E-state index contributed by atoms with van der Waals surface area (Å²) in [6, 6.07) is 10.3. The van der Waals surface area contributed by atoms with E-state index in [0.29, 0.717) is 18.1 Å². The first-order valence-electron chi connectivity index (χ1n) is 6.37. The molecular formula is C15H17N5. The van der Waals surface area contributed by atoms with Crippen LogP contribution in [0.4, 0.5) is 5.82 Å². The lowest BCUT2D eigenvalue weighted by Crippen LogP contribution is -2.14. The monoisotopic (exact) mass is 267 g/mol. The fourth-order valence-electron chi connectivity index (χ4n) is 1.95. The fourth-order valence-corrected chi connectivity index (χ4v) is 1.95. The van der Waals surface area contributed by atoms with E-state index >= 15 is 0 Å². The number of hydrogen-bond donors (Lipinski definition) is 1. The lowest BCUT2D eigenvalue weighted by Gasteiger charge is -2.15. The van der Waals surface area contributed by atoms with Crippen LogP contribution >= 0.6 is 0 Å². The molecule has 0 radical (unpaired) electrons. The van der Waals surface area contributed by atoms with Gasteiger partial charge < -0.3 is 10.2 Å². The van der Waals surface area contributed by atoms with Gasteiger partial charge in [0, 0.05) is 25.5 Å². The standard InChI is InChI=1S/C15H17N5/c1-20(2)11-13-6-4-3-5-12(13)10-19-15-14(9-16)17-7-8-18-15/h3-8H,10-11H2,1-2H3,(H,18,19). The van der Waals surface area contributed by atoms with E-state index in [2.05, 4.69) is 32.3 Å². The average molecular weight is 267 g/mol. The highest BCUT2D eigenvalue weighted by Crippen LogP contribution is 2.14. The van der Waals surface area contributed by atoms with E-state index in [9.17, 15) is 0 Å². The number of nitriles is 1. The lowest BCUT2D eigenvalue weighted by molar-refractivity contribution is 0.401. The van der Waals surface area contributed by atoms with E-state index < -0.39 is 0 Å². The van der Waals surface area contributed by atoms with Gasteiger partial charge in [0.2, 0.25) is 0 Å². The SMILES string of the molecule is CN(C)Cc1ccccc1CNc1nccnc1C#N. The molecular weight excluding hydrogens is 250 g/mol. The third-order valence-corrected chi connectivity index (χ3v) is 2.86. The van der Waals surface area contributed by atoms with E-state index in [4.69, 9.17) is 5.26 Å². The molecule has 20 heavy (non-hydrogen) atoms. The zero-order valence-corrected chi connectivity index (χ0v) is 11.7. The highest BCUT2D eigenvalue weighted by atomic mass is 15.1. The van der Waals surface area contributed by atoms with Crippen LogP contribution in [0.5, 0.6) is 0 Å². The number of benzene rings is 1. The van der Waals surface area contributed by atoms with Gasteiger partial charge in [0.05, 0.1) is 0 Å². The molecule has 0 atom stereocenters. The van der Waals surface area contributed by atoms with Gasteiger partial charge >= 0.3 is 0 Å². The second-order valence-corrected chi connectivity index (χ2v) is 4.73. The summed E-state index contributed by atoms with van der Waals surface area (Å²) in [5.41, 5.74) is 2.76. The number of hydrogen-bond acceptors (Lipinski definition) is 5. The Hall–Kier alpha value is -2.45. The molecule has 1 heterocycles. The van der Waals surface area contributed by atoms with Crippen molar-refractivity contribution >= 4 is 5.82 Å². The van der Waals surface area contributed by atoms with Crippen molar-refractivity contribution in [2.75, 3.05) is 19.4 Å². The van der Waals surface area contributed by atoms with Crippen LogP contribution in [0, 0.1) is 11.3 Å². The Bertz CT molecular complexity index is 616. The maximum absolute atomic E-state index is 8.99. The van der Waals surface area contributed by atoms with Crippen LogP contribution < -0.4 is 5.32 Å². The summed E-state index contributed by atoms with van der Waals surface area (Å²) >= 11 is 0. The number of anilines is 1. The van der Waals surface area contributed by atoms with Gasteiger partial charge in [0.25, 0.3) is 0 Å². The van der Waals surface area contributed by atoms with Crippen molar-refractivity contribution < 1.29 is 0 Å². The summed E-state index contributed by atoms with van der Waals surface area (Å²) in [6.07, 6.45) is 3.10. The van der Waals surface area contributed by atoms with Gasteiger partial charge in [-0.1, -0.05) is 24.3 Å². The Morgan fingerprint density at radius 2 is 1.85 bits per heavy atom. The Balaban J connectivity index is 2.13. The summed E-state index contributed by atoms with van der Waals surface area (Å²) in [5, 5.41) is 12.2. The normalized spacial score (nSPS) is 10.3. The minimum absolute atomic E-state index is 0.317. The minimum atomic E-state index is 0.317. The molecule has 0 aliphatic heterocycles. The van der Waals surface area contributed by atoms with Crippen molar-refractivity contribution in [3.05, 3.63) is 53.5 Å². The maximum atomic E-state index is 8.99. The first-order chi connectivity index (χ1) is 9.70. The Morgan fingerprint density at radius 1 is 1.15 bits per heavy atom. The summed E-state index contributed by atoms with van der Waals surface area (Å²) in [5.74, 6) is 0.523. The third-order valence-electron chi connectivity index (χ3n) is 2.86. The second-order valence-electron chi connectivity index (χ2n) is 4.73. The van der Waals surface area contributed by atoms with Gasteiger partial charge in [-0.05, 0) is 25.2 Å². The van der Waals surface area contributed by atoms with Crippen LogP contribution in [0.15, 0.2) is 36.7 Å². The largest absolute Gasteiger partial charge is 0.364 e. The Labute approximate surface area is 118 Å². The minimum Gasteiger partial charge on any atom is -0.364 e. The summed E-state index contributed by atoms with van der Waals surface area (Å²) in [6.45, 7) is 1.50. The number of aromatic nitrogens is 2. The predicted molar refractivity (Wildman–Crippen MR) is 77.9 cm³/mol. The molecule has 0 aliphatic rings. The Morgan fingerprint density at radius 3 is 2.55 bits per heavy atom. The maximum Gasteiger partial charge on any atom is 0.182 e. The molecule has 1 aromatic carbocycles. The third kappa shape index (κ3) is 3.53. The Kier molecular flexibility index (Phi) is 4.64. The van der Waals surface area contributed by atoms with E-state index in [1.165, 1.54) is 17.3 Å². The number of rotatable bonds is 5. The highest BCUT2D eigenvalue weighted by molar-refractivity contribution is 5.47. The molecule has 0 saturated heterocycles. The van der Waals surface area contributed by atoms with Gasteiger partial charge in [-0.25, -0.2) is 9.97 Å². The highest BCUT2D eigenvalue weighted by Gasteiger charge is 2.06. The number of nitrogens with zero attached hydrogens (tertiary/aromatic N) is 4. The van der Waals surface area contributed by atoms with Crippen molar-refractivity contribution in [3.63, 3.8) is 0 Å². The van der Waals surface area contributed by atoms with Crippen LogP contribution in [0.3, 0.4) is 0 Å². The van der Waals surface area contributed by atoms with Gasteiger partial charge in [-0.3, -0.25) is 0 Å². The summed E-state index contributed by atoms with van der Waals surface area (Å²) in [4.78, 5) is 10.3. The molecule has 0 aliphatic carbocycles. The van der Waals surface area contributed by atoms with Crippen LogP contribution in [-0.4, -0.2) is 29.0 Å². The molecule has 1 aromatic heterocycles. The molecule has 2 rings (SSSR count). The topological polar surface area (TPSA) is 64.8 Å². The van der Waals surface area contributed by atoms with Crippen molar-refractivity contribution in [1.29, 1.82) is 5.26 Å². The first-order valence-corrected chi connectivity index (χ1v) is 6.37. The van der Waals surface area contributed by atoms with Crippen LogP contribution in [0.2, 0.25) is 0 Å². The molecule has 0 spiro atoms. The van der Waals surface area contributed by atoms with Gasteiger partial charge in [0.15, 0.2) is 11.5 Å². The molecule has 5 nitrogen and oxygen atoms in total. The molecule has 0 fully saturated rings. The van der Waals surface area contributed by atoms with E-state index in [1.807, 2.05) is 32.3 Å². The van der Waals surface area contributed by atoms with E-state index in [1.54, 1.807) is 6.20 Å². The van der Waals surface area contributed by atoms with Gasteiger partial charge in [-0.2, -0.15) is 5.26 Å². The molecule has 0 unspecified atom stereocenters. The first kappa shape index (κ1) is 14.0. The molecule has 5 heteroatoms. The van der Waals surface area contributed by atoms with Crippen molar-refractivity contribution in [2.45, 2.75) is 13.1 Å². The molecule has 0 saturated carbocycles. The van der Waals surface area contributed by atoms with Crippen LogP contribution in [0.25, 0.3) is 0 Å². The lowest BCUT2D eigenvalue weighted by atomic mass is 10.1. The number of nitrogens with one attached hydrogen (secondary N) is 1. The fraction of sp³-hybridized carbons (Fsp3) is 0.267. The predicted octanol–water partition coefficient (Wildman–Crippen LogP) is 2.02. The van der Waals surface area contributed by atoms with E-state index in [-0.39, 0.29) is 0 Å². The molecule has 2 aromatic rings. The summed E-state index contributed by atoms with van der Waals surface area (Å²) in [7, 11) is 4.08. The molecule has 0 amide bonds. The zero-order chi connectivity index (χ0) is 14.4. The smallest absolute Gasteiger partial charge is 0.182 e.